The van der Waals surface area contributed by atoms with Crippen LogP contribution in [-0.2, 0) is 11.3 Å². The molecule has 1 rings (SSSR count). The number of nitrogens with zero attached hydrogens (tertiary/aromatic N) is 2. The van der Waals surface area contributed by atoms with Crippen molar-refractivity contribution in [2.45, 2.75) is 25.8 Å². The Bertz CT molecular complexity index is 420. The van der Waals surface area contributed by atoms with Gasteiger partial charge in [0.2, 0.25) is 0 Å². The van der Waals surface area contributed by atoms with Crippen LogP contribution in [0.25, 0.3) is 0 Å². The minimum atomic E-state index is 0.764. The molecule has 118 valence electrons. The third-order valence-electron chi connectivity index (χ3n) is 3.21. The lowest BCUT2D eigenvalue weighted by molar-refractivity contribution is 0.192. The van der Waals surface area contributed by atoms with E-state index >= 15 is 0 Å². The first-order valence-electron chi connectivity index (χ1n) is 7.32. The minimum absolute atomic E-state index is 0.764. The molecule has 1 aromatic carbocycles. The number of rotatable bonds is 8. The summed E-state index contributed by atoms with van der Waals surface area (Å²) in [6.45, 7) is 2.58. The maximum Gasteiger partial charge on any atom is 0.193 e. The van der Waals surface area contributed by atoms with Crippen molar-refractivity contribution < 1.29 is 4.74 Å². The molecule has 0 heterocycles. The number of ether oxygens (including phenoxy) is 1. The lowest BCUT2D eigenvalue weighted by Gasteiger charge is -2.22. The van der Waals surface area contributed by atoms with Gasteiger partial charge in [-0.3, -0.25) is 4.99 Å². The maximum absolute atomic E-state index is 5.90. The van der Waals surface area contributed by atoms with Crippen molar-refractivity contribution in [3.05, 3.63) is 34.9 Å². The molecule has 0 bridgehead atoms. The summed E-state index contributed by atoms with van der Waals surface area (Å²) in [7, 11) is 5.59. The van der Waals surface area contributed by atoms with E-state index in [1.807, 2.05) is 38.4 Å². The predicted molar refractivity (Wildman–Crippen MR) is 90.0 cm³/mol. The van der Waals surface area contributed by atoms with Gasteiger partial charge < -0.3 is 15.0 Å². The van der Waals surface area contributed by atoms with Crippen LogP contribution in [0, 0.1) is 0 Å². The van der Waals surface area contributed by atoms with Gasteiger partial charge in [0.05, 0.1) is 0 Å². The van der Waals surface area contributed by atoms with Crippen molar-refractivity contribution in [3.63, 3.8) is 0 Å². The number of guanidine groups is 1. The van der Waals surface area contributed by atoms with E-state index in [2.05, 4.69) is 15.2 Å². The molecule has 0 aromatic heterocycles. The highest BCUT2D eigenvalue weighted by Crippen LogP contribution is 2.11. The number of methoxy groups -OCH3 is 1. The lowest BCUT2D eigenvalue weighted by atomic mass is 10.2. The number of benzene rings is 1. The molecule has 1 aromatic rings. The summed E-state index contributed by atoms with van der Waals surface area (Å²) in [6, 6.07) is 7.90. The number of hydrogen-bond acceptors (Lipinski definition) is 2. The van der Waals surface area contributed by atoms with Crippen LogP contribution in [0.2, 0.25) is 5.02 Å². The second kappa shape index (κ2) is 10.5. The third-order valence-corrected chi connectivity index (χ3v) is 3.47. The van der Waals surface area contributed by atoms with E-state index in [9.17, 15) is 0 Å². The molecule has 0 fully saturated rings. The van der Waals surface area contributed by atoms with Crippen LogP contribution in [0.5, 0.6) is 0 Å². The van der Waals surface area contributed by atoms with Crippen molar-refractivity contribution in [2.75, 3.05) is 34.4 Å². The maximum atomic E-state index is 5.90. The van der Waals surface area contributed by atoms with Crippen LogP contribution < -0.4 is 5.32 Å². The van der Waals surface area contributed by atoms with E-state index in [-0.39, 0.29) is 0 Å². The van der Waals surface area contributed by atoms with Crippen molar-refractivity contribution in [3.8, 4) is 0 Å². The molecule has 1 N–H and O–H groups in total. The van der Waals surface area contributed by atoms with Gasteiger partial charge in [0.25, 0.3) is 0 Å². The normalized spacial score (nSPS) is 11.5. The molecule has 0 amide bonds. The Balaban J connectivity index is 2.32. The molecule has 0 atom stereocenters. The standard InChI is InChI=1S/C16H26ClN3O/c1-18-16(19-11-5-4-6-12-21-3)20(2)13-14-7-9-15(17)10-8-14/h7-10H,4-6,11-13H2,1-3H3,(H,18,19). The summed E-state index contributed by atoms with van der Waals surface area (Å²) in [6.07, 6.45) is 3.40. The quantitative estimate of drug-likeness (QED) is 0.455. The van der Waals surface area contributed by atoms with Crippen LogP contribution in [-0.4, -0.2) is 45.2 Å². The molecule has 0 aliphatic rings. The summed E-state index contributed by atoms with van der Waals surface area (Å²) in [5.74, 6) is 0.914. The topological polar surface area (TPSA) is 36.9 Å². The van der Waals surface area contributed by atoms with Gasteiger partial charge in [-0.1, -0.05) is 23.7 Å². The van der Waals surface area contributed by atoms with Gasteiger partial charge in [-0.05, 0) is 37.0 Å². The van der Waals surface area contributed by atoms with E-state index in [4.69, 9.17) is 16.3 Å². The fourth-order valence-electron chi connectivity index (χ4n) is 2.07. The number of aliphatic imine (C=N–C) groups is 1. The fraction of sp³-hybridized carbons (Fsp3) is 0.562. The van der Waals surface area contributed by atoms with Crippen LogP contribution in [0.4, 0.5) is 0 Å². The summed E-state index contributed by atoms with van der Waals surface area (Å²) >= 11 is 5.90. The SMILES string of the molecule is CN=C(NCCCCCOC)N(C)Cc1ccc(Cl)cc1. The van der Waals surface area contributed by atoms with Crippen molar-refractivity contribution in [2.24, 2.45) is 4.99 Å². The molecular formula is C16H26ClN3O. The van der Waals surface area contributed by atoms with Crippen LogP contribution >= 0.6 is 11.6 Å². The Morgan fingerprint density at radius 3 is 2.57 bits per heavy atom. The summed E-state index contributed by atoms with van der Waals surface area (Å²) in [5.41, 5.74) is 1.21. The molecule has 21 heavy (non-hydrogen) atoms. The van der Waals surface area contributed by atoms with E-state index in [0.29, 0.717) is 0 Å². The molecule has 0 aliphatic carbocycles. The Hall–Kier alpha value is -1.26. The molecule has 0 aliphatic heterocycles. The van der Waals surface area contributed by atoms with E-state index < -0.39 is 0 Å². The molecule has 5 heteroatoms. The Morgan fingerprint density at radius 1 is 1.24 bits per heavy atom. The van der Waals surface area contributed by atoms with E-state index in [0.717, 1.165) is 43.5 Å². The molecule has 0 saturated heterocycles. The molecule has 0 spiro atoms. The van der Waals surface area contributed by atoms with E-state index in [1.165, 1.54) is 12.0 Å². The first kappa shape index (κ1) is 17.8. The van der Waals surface area contributed by atoms with Crippen LogP contribution in [0.3, 0.4) is 0 Å². The lowest BCUT2D eigenvalue weighted by Crippen LogP contribution is -2.38. The highest BCUT2D eigenvalue weighted by atomic mass is 35.5. The number of unbranched alkanes of at least 4 members (excludes halogenated alkanes) is 2. The Morgan fingerprint density at radius 2 is 1.95 bits per heavy atom. The van der Waals surface area contributed by atoms with Gasteiger partial charge in [-0.25, -0.2) is 0 Å². The smallest absolute Gasteiger partial charge is 0.193 e. The van der Waals surface area contributed by atoms with Crippen LogP contribution in [0.15, 0.2) is 29.3 Å². The minimum Gasteiger partial charge on any atom is -0.385 e. The van der Waals surface area contributed by atoms with Gasteiger partial charge in [0, 0.05) is 45.9 Å². The summed E-state index contributed by atoms with van der Waals surface area (Å²) < 4.78 is 5.04. The molecule has 0 unspecified atom stereocenters. The fourth-order valence-corrected chi connectivity index (χ4v) is 2.20. The van der Waals surface area contributed by atoms with Crippen LogP contribution in [0.1, 0.15) is 24.8 Å². The first-order chi connectivity index (χ1) is 10.2. The average Bonchev–Trinajstić information content (AvgIpc) is 2.49. The molecule has 4 nitrogen and oxygen atoms in total. The van der Waals surface area contributed by atoms with Gasteiger partial charge >= 0.3 is 0 Å². The van der Waals surface area contributed by atoms with Gasteiger partial charge in [0.1, 0.15) is 0 Å². The van der Waals surface area contributed by atoms with Gasteiger partial charge in [-0.2, -0.15) is 0 Å². The zero-order valence-electron chi connectivity index (χ0n) is 13.2. The third kappa shape index (κ3) is 7.34. The second-order valence-electron chi connectivity index (χ2n) is 5.01. The Kier molecular flexibility index (Phi) is 8.87. The first-order valence-corrected chi connectivity index (χ1v) is 7.70. The predicted octanol–water partition coefficient (Wildman–Crippen LogP) is 3.16. The zero-order chi connectivity index (χ0) is 15.5. The monoisotopic (exact) mass is 311 g/mol. The average molecular weight is 312 g/mol. The highest BCUT2D eigenvalue weighted by Gasteiger charge is 2.06. The van der Waals surface area contributed by atoms with Crippen molar-refractivity contribution in [1.82, 2.24) is 10.2 Å². The molecular weight excluding hydrogens is 286 g/mol. The number of nitrogens with one attached hydrogen (secondary N) is 1. The number of hydrogen-bond donors (Lipinski definition) is 1. The summed E-state index contributed by atoms with van der Waals surface area (Å²) in [5, 5.41) is 4.15. The van der Waals surface area contributed by atoms with Crippen molar-refractivity contribution >= 4 is 17.6 Å². The van der Waals surface area contributed by atoms with E-state index in [1.54, 1.807) is 7.11 Å². The Labute approximate surface area is 133 Å². The van der Waals surface area contributed by atoms with Gasteiger partial charge in [0.15, 0.2) is 5.96 Å². The second-order valence-corrected chi connectivity index (χ2v) is 5.45. The molecule has 0 saturated carbocycles. The highest BCUT2D eigenvalue weighted by molar-refractivity contribution is 6.30. The number of halogens is 1. The summed E-state index contributed by atoms with van der Waals surface area (Å²) in [4.78, 5) is 6.43. The van der Waals surface area contributed by atoms with Gasteiger partial charge in [-0.15, -0.1) is 0 Å². The molecule has 0 radical (unpaired) electrons. The zero-order valence-corrected chi connectivity index (χ0v) is 14.0. The van der Waals surface area contributed by atoms with Crippen molar-refractivity contribution in [1.29, 1.82) is 0 Å². The largest absolute Gasteiger partial charge is 0.385 e.